The Bertz CT molecular complexity index is 201. The van der Waals surface area contributed by atoms with Crippen LogP contribution >= 0.6 is 0 Å². The van der Waals surface area contributed by atoms with Crippen molar-refractivity contribution in [2.75, 3.05) is 26.2 Å². The van der Waals surface area contributed by atoms with E-state index in [-0.39, 0.29) is 18.6 Å². The standard InChI is InChI=1S/C11H21F2NO/c1-10(2,3)15-8-4-6-14-7-5-11(12,13)9-14/h4-9H2,1-3H3. The zero-order valence-electron chi connectivity index (χ0n) is 9.85. The monoisotopic (exact) mass is 221 g/mol. The minimum atomic E-state index is -2.47. The molecule has 0 saturated carbocycles. The van der Waals surface area contributed by atoms with Gasteiger partial charge in [-0.15, -0.1) is 0 Å². The second kappa shape index (κ2) is 4.74. The summed E-state index contributed by atoms with van der Waals surface area (Å²) in [5, 5.41) is 0. The molecule has 0 radical (unpaired) electrons. The van der Waals surface area contributed by atoms with Crippen LogP contribution in [0.5, 0.6) is 0 Å². The molecule has 1 heterocycles. The summed E-state index contributed by atoms with van der Waals surface area (Å²) < 4.78 is 31.2. The summed E-state index contributed by atoms with van der Waals surface area (Å²) in [6, 6.07) is 0. The van der Waals surface area contributed by atoms with E-state index in [4.69, 9.17) is 4.74 Å². The van der Waals surface area contributed by atoms with Crippen LogP contribution in [0.2, 0.25) is 0 Å². The maximum Gasteiger partial charge on any atom is 0.261 e. The molecule has 0 N–H and O–H groups in total. The molecule has 1 rings (SSSR count). The molecule has 0 aromatic rings. The van der Waals surface area contributed by atoms with Gasteiger partial charge in [0.15, 0.2) is 0 Å². The van der Waals surface area contributed by atoms with E-state index >= 15 is 0 Å². The fourth-order valence-electron chi connectivity index (χ4n) is 1.66. The second-order valence-electron chi connectivity index (χ2n) is 5.20. The number of halogens is 2. The summed E-state index contributed by atoms with van der Waals surface area (Å²) >= 11 is 0. The van der Waals surface area contributed by atoms with Gasteiger partial charge in [-0.05, 0) is 27.2 Å². The molecule has 0 atom stereocenters. The van der Waals surface area contributed by atoms with E-state index in [2.05, 4.69) is 0 Å². The normalized spacial score (nSPS) is 22.2. The molecule has 0 unspecified atom stereocenters. The summed E-state index contributed by atoms with van der Waals surface area (Å²) in [6.07, 6.45) is 0.834. The molecule has 15 heavy (non-hydrogen) atoms. The lowest BCUT2D eigenvalue weighted by atomic mass is 10.2. The Kier molecular flexibility index (Phi) is 4.06. The third-order valence-corrected chi connectivity index (χ3v) is 2.40. The third kappa shape index (κ3) is 5.42. The molecule has 1 aliphatic rings. The van der Waals surface area contributed by atoms with Crippen LogP contribution in [0.4, 0.5) is 8.78 Å². The Balaban J connectivity index is 2.07. The number of hydrogen-bond donors (Lipinski definition) is 0. The first-order chi connectivity index (χ1) is 6.79. The average Bonchev–Trinajstić information content (AvgIpc) is 2.38. The quantitative estimate of drug-likeness (QED) is 0.676. The van der Waals surface area contributed by atoms with E-state index in [0.717, 1.165) is 6.42 Å². The van der Waals surface area contributed by atoms with Gasteiger partial charge in [-0.3, -0.25) is 4.90 Å². The largest absolute Gasteiger partial charge is 0.376 e. The van der Waals surface area contributed by atoms with Gasteiger partial charge in [-0.1, -0.05) is 0 Å². The van der Waals surface area contributed by atoms with E-state index in [1.165, 1.54) is 0 Å². The zero-order valence-corrected chi connectivity index (χ0v) is 9.85. The molecule has 1 saturated heterocycles. The van der Waals surface area contributed by atoms with Crippen LogP contribution in [0.1, 0.15) is 33.6 Å². The summed E-state index contributed by atoms with van der Waals surface area (Å²) in [6.45, 7) is 7.79. The molecule has 0 aliphatic carbocycles. The Morgan fingerprint density at radius 2 is 2.00 bits per heavy atom. The molecule has 0 spiro atoms. The smallest absolute Gasteiger partial charge is 0.261 e. The van der Waals surface area contributed by atoms with E-state index < -0.39 is 5.92 Å². The molecule has 0 amide bonds. The molecule has 90 valence electrons. The minimum absolute atomic E-state index is 0.00707. The van der Waals surface area contributed by atoms with Gasteiger partial charge in [0, 0.05) is 26.1 Å². The molecule has 0 aromatic carbocycles. The summed E-state index contributed by atoms with van der Waals surface area (Å²) in [4.78, 5) is 1.81. The molecule has 4 heteroatoms. The third-order valence-electron chi connectivity index (χ3n) is 2.40. The highest BCUT2D eigenvalue weighted by atomic mass is 19.3. The van der Waals surface area contributed by atoms with Crippen molar-refractivity contribution in [1.82, 2.24) is 4.90 Å². The van der Waals surface area contributed by atoms with Gasteiger partial charge in [0.25, 0.3) is 5.92 Å². The van der Waals surface area contributed by atoms with Crippen molar-refractivity contribution < 1.29 is 13.5 Å². The van der Waals surface area contributed by atoms with Gasteiger partial charge in [0.1, 0.15) is 0 Å². The minimum Gasteiger partial charge on any atom is -0.376 e. The van der Waals surface area contributed by atoms with Crippen molar-refractivity contribution in [1.29, 1.82) is 0 Å². The zero-order chi connectivity index (χ0) is 11.5. The van der Waals surface area contributed by atoms with Crippen LogP contribution in [-0.2, 0) is 4.74 Å². The number of alkyl halides is 2. The molecular weight excluding hydrogens is 200 g/mol. The van der Waals surface area contributed by atoms with Crippen molar-refractivity contribution in [3.8, 4) is 0 Å². The molecule has 2 nitrogen and oxygen atoms in total. The Hall–Kier alpha value is -0.220. The van der Waals surface area contributed by atoms with Crippen molar-refractivity contribution in [2.45, 2.75) is 45.1 Å². The number of ether oxygens (including phenoxy) is 1. The van der Waals surface area contributed by atoms with E-state index in [9.17, 15) is 8.78 Å². The fraction of sp³-hybridized carbons (Fsp3) is 1.00. The highest BCUT2D eigenvalue weighted by molar-refractivity contribution is 4.81. The topological polar surface area (TPSA) is 12.5 Å². The van der Waals surface area contributed by atoms with E-state index in [1.807, 2.05) is 25.7 Å². The second-order valence-corrected chi connectivity index (χ2v) is 5.20. The number of hydrogen-bond acceptors (Lipinski definition) is 2. The SMILES string of the molecule is CC(C)(C)OCCCN1CCC(F)(F)C1. The first kappa shape index (κ1) is 12.8. The first-order valence-electron chi connectivity index (χ1n) is 5.53. The average molecular weight is 221 g/mol. The lowest BCUT2D eigenvalue weighted by Crippen LogP contribution is -2.28. The molecule has 0 aromatic heterocycles. The highest BCUT2D eigenvalue weighted by Gasteiger charge is 2.37. The summed E-state index contributed by atoms with van der Waals surface area (Å²) in [5.74, 6) is -2.47. The predicted octanol–water partition coefficient (Wildman–Crippen LogP) is 2.53. The Morgan fingerprint density at radius 3 is 2.47 bits per heavy atom. The van der Waals surface area contributed by atoms with E-state index in [0.29, 0.717) is 19.7 Å². The fourth-order valence-corrected chi connectivity index (χ4v) is 1.66. The number of nitrogens with zero attached hydrogens (tertiary/aromatic N) is 1. The van der Waals surface area contributed by atoms with Gasteiger partial charge >= 0.3 is 0 Å². The summed E-state index contributed by atoms with van der Waals surface area (Å²) in [5.41, 5.74) is -0.130. The summed E-state index contributed by atoms with van der Waals surface area (Å²) in [7, 11) is 0. The van der Waals surface area contributed by atoms with E-state index in [1.54, 1.807) is 0 Å². The van der Waals surface area contributed by atoms with Crippen molar-refractivity contribution >= 4 is 0 Å². The molecular formula is C11H21F2NO. The maximum atomic E-state index is 12.8. The lowest BCUT2D eigenvalue weighted by molar-refractivity contribution is -0.0103. The molecule has 1 fully saturated rings. The van der Waals surface area contributed by atoms with Gasteiger partial charge < -0.3 is 4.74 Å². The highest BCUT2D eigenvalue weighted by Crippen LogP contribution is 2.26. The van der Waals surface area contributed by atoms with Gasteiger partial charge in [-0.2, -0.15) is 0 Å². The molecule has 0 bridgehead atoms. The molecule has 1 aliphatic heterocycles. The van der Waals surface area contributed by atoms with Gasteiger partial charge in [0.05, 0.1) is 12.1 Å². The Morgan fingerprint density at radius 1 is 1.33 bits per heavy atom. The van der Waals surface area contributed by atoms with Gasteiger partial charge in [-0.25, -0.2) is 8.78 Å². The predicted molar refractivity (Wildman–Crippen MR) is 56.3 cm³/mol. The van der Waals surface area contributed by atoms with Crippen molar-refractivity contribution in [3.05, 3.63) is 0 Å². The number of likely N-dealkylation sites (tertiary alicyclic amines) is 1. The van der Waals surface area contributed by atoms with Crippen LogP contribution < -0.4 is 0 Å². The van der Waals surface area contributed by atoms with Crippen LogP contribution in [0, 0.1) is 0 Å². The van der Waals surface area contributed by atoms with Crippen LogP contribution in [0.3, 0.4) is 0 Å². The van der Waals surface area contributed by atoms with Crippen LogP contribution in [0.25, 0.3) is 0 Å². The van der Waals surface area contributed by atoms with Crippen LogP contribution in [0.15, 0.2) is 0 Å². The number of rotatable bonds is 4. The lowest BCUT2D eigenvalue weighted by Gasteiger charge is -2.21. The van der Waals surface area contributed by atoms with Crippen LogP contribution in [-0.4, -0.2) is 42.7 Å². The van der Waals surface area contributed by atoms with Crippen molar-refractivity contribution in [3.63, 3.8) is 0 Å². The van der Waals surface area contributed by atoms with Crippen molar-refractivity contribution in [2.24, 2.45) is 0 Å². The first-order valence-corrected chi connectivity index (χ1v) is 5.53. The maximum absolute atomic E-state index is 12.8. The Labute approximate surface area is 90.6 Å². The van der Waals surface area contributed by atoms with Gasteiger partial charge in [0.2, 0.25) is 0 Å².